The minimum atomic E-state index is -0.750. The lowest BCUT2D eigenvalue weighted by molar-refractivity contribution is 0.0773. The number of Topliss-reactive ketones (excluding diaryl/α,β-unsaturated/α-hetero) is 1. The molecule has 0 aliphatic carbocycles. The van der Waals surface area contributed by atoms with Crippen molar-refractivity contribution in [2.75, 3.05) is 19.2 Å². The second-order valence-electron chi connectivity index (χ2n) is 8.62. The fourth-order valence-corrected chi connectivity index (χ4v) is 3.65. The van der Waals surface area contributed by atoms with Gasteiger partial charge in [-0.05, 0) is 53.8 Å². The standard InChI is InChI=1S/C29H36N2O3.C2H6.CH4O2/c1-6-8-11-27(21(3)4)28(32)24-14-12-22(13-15-24)23-16-18-26(19-17-23)31-29(33)30-25(7-2)10-9-20-34-5;1-2;2-1-3/h7,9-10,12-21,27H,2,6,8,11H2,1,3-5H3,(H2,30,31,33);1-2H3;2-3H,1H2/b20-9+,25-10+;;. The molecule has 0 radical (unpaired) electrons. The molecule has 0 aliphatic heterocycles. The molecule has 2 aromatic rings. The van der Waals surface area contributed by atoms with Gasteiger partial charge in [-0.1, -0.05) is 90.4 Å². The zero-order valence-electron chi connectivity index (χ0n) is 24.2. The maximum Gasteiger partial charge on any atom is 0.323 e. The highest BCUT2D eigenvalue weighted by atomic mass is 16.5. The number of rotatable bonds is 12. The van der Waals surface area contributed by atoms with Gasteiger partial charge in [0.05, 0.1) is 13.4 Å². The van der Waals surface area contributed by atoms with E-state index in [4.69, 9.17) is 14.9 Å². The molecule has 2 aromatic carbocycles. The third-order valence-corrected chi connectivity index (χ3v) is 5.62. The SMILES string of the molecule is C=C/C(=C\C=C\OC)NC(=O)Nc1ccc(-c2ccc(C(=O)C(CCCC)C(C)C)cc2)cc1.CC.OCO. The summed E-state index contributed by atoms with van der Waals surface area (Å²) in [7, 11) is 1.55. The molecule has 0 spiro atoms. The number of allylic oxidation sites excluding steroid dienone is 3. The van der Waals surface area contributed by atoms with Crippen LogP contribution in [0.1, 0.15) is 64.2 Å². The number of methoxy groups -OCH3 is 1. The zero-order chi connectivity index (χ0) is 29.6. The van der Waals surface area contributed by atoms with E-state index in [0.29, 0.717) is 17.3 Å². The van der Waals surface area contributed by atoms with Crippen molar-refractivity contribution in [3.05, 3.63) is 90.9 Å². The number of ether oxygens (including phenoxy) is 1. The average molecular weight is 539 g/mol. The Balaban J connectivity index is 0.00000269. The first-order valence-electron chi connectivity index (χ1n) is 13.4. The molecule has 7 nitrogen and oxygen atoms in total. The summed E-state index contributed by atoms with van der Waals surface area (Å²) < 4.78 is 4.83. The Labute approximate surface area is 234 Å². The zero-order valence-corrected chi connectivity index (χ0v) is 24.2. The fraction of sp³-hybridized carbons (Fsp3) is 0.375. The highest BCUT2D eigenvalue weighted by Crippen LogP contribution is 2.26. The Hall–Kier alpha value is -3.68. The largest absolute Gasteiger partial charge is 0.504 e. The van der Waals surface area contributed by atoms with Crippen LogP contribution in [0.25, 0.3) is 11.1 Å². The molecule has 0 bridgehead atoms. The van der Waals surface area contributed by atoms with E-state index in [-0.39, 0.29) is 17.7 Å². The van der Waals surface area contributed by atoms with Gasteiger partial charge >= 0.3 is 6.03 Å². The van der Waals surface area contributed by atoms with Crippen LogP contribution in [0, 0.1) is 11.8 Å². The molecule has 1 atom stereocenters. The first-order chi connectivity index (χ1) is 18.8. The molecule has 0 aromatic heterocycles. The van der Waals surface area contributed by atoms with E-state index in [0.717, 1.165) is 36.0 Å². The number of hydrogen-bond donors (Lipinski definition) is 4. The molecule has 0 heterocycles. The molecule has 4 N–H and O–H groups in total. The summed E-state index contributed by atoms with van der Waals surface area (Å²) in [5, 5.41) is 19.8. The van der Waals surface area contributed by atoms with Crippen LogP contribution in [0.2, 0.25) is 0 Å². The summed E-state index contributed by atoms with van der Waals surface area (Å²) in [6.45, 7) is 13.3. The van der Waals surface area contributed by atoms with Crippen molar-refractivity contribution in [2.24, 2.45) is 11.8 Å². The number of carbonyl (C=O) groups excluding carboxylic acids is 2. The molecule has 214 valence electrons. The van der Waals surface area contributed by atoms with Crippen LogP contribution in [-0.2, 0) is 4.74 Å². The maximum absolute atomic E-state index is 13.0. The van der Waals surface area contributed by atoms with E-state index in [1.807, 2.05) is 62.4 Å². The molecule has 0 fully saturated rings. The number of nitrogens with one attached hydrogen (secondary N) is 2. The predicted octanol–water partition coefficient (Wildman–Crippen LogP) is 7.30. The number of anilines is 1. The van der Waals surface area contributed by atoms with Crippen molar-refractivity contribution < 1.29 is 24.5 Å². The maximum atomic E-state index is 13.0. The van der Waals surface area contributed by atoms with E-state index >= 15 is 0 Å². The van der Waals surface area contributed by atoms with Crippen LogP contribution in [0.3, 0.4) is 0 Å². The van der Waals surface area contributed by atoms with Gasteiger partial charge < -0.3 is 25.6 Å². The third kappa shape index (κ3) is 13.6. The van der Waals surface area contributed by atoms with Crippen LogP contribution in [-0.4, -0.2) is 35.9 Å². The van der Waals surface area contributed by atoms with Gasteiger partial charge in [0.25, 0.3) is 0 Å². The Morgan fingerprint density at radius 3 is 2.00 bits per heavy atom. The third-order valence-electron chi connectivity index (χ3n) is 5.62. The number of carbonyl (C=O) groups is 2. The van der Waals surface area contributed by atoms with Gasteiger partial charge in [0.15, 0.2) is 5.78 Å². The van der Waals surface area contributed by atoms with Crippen LogP contribution >= 0.6 is 0 Å². The number of hydrogen-bond acceptors (Lipinski definition) is 5. The summed E-state index contributed by atoms with van der Waals surface area (Å²) in [4.78, 5) is 25.2. The van der Waals surface area contributed by atoms with Gasteiger partial charge in [-0.15, -0.1) is 0 Å². The van der Waals surface area contributed by atoms with Crippen LogP contribution in [0.15, 0.2) is 85.3 Å². The van der Waals surface area contributed by atoms with Crippen molar-refractivity contribution >= 4 is 17.5 Å². The molecule has 0 aliphatic rings. The number of benzene rings is 2. The van der Waals surface area contributed by atoms with Gasteiger partial charge in [-0.3, -0.25) is 4.79 Å². The van der Waals surface area contributed by atoms with Gasteiger partial charge in [0, 0.05) is 22.9 Å². The highest BCUT2D eigenvalue weighted by molar-refractivity contribution is 5.98. The van der Waals surface area contributed by atoms with Crippen molar-refractivity contribution in [1.29, 1.82) is 0 Å². The molecule has 7 heteroatoms. The first kappa shape index (κ1) is 35.3. The minimum absolute atomic E-state index is 0.0646. The Morgan fingerprint density at radius 1 is 1.00 bits per heavy atom. The summed E-state index contributed by atoms with van der Waals surface area (Å²) in [5.41, 5.74) is 4.00. The molecule has 0 saturated heterocycles. The smallest absolute Gasteiger partial charge is 0.323 e. The number of aliphatic hydroxyl groups is 2. The van der Waals surface area contributed by atoms with Crippen molar-refractivity contribution in [3.63, 3.8) is 0 Å². The van der Waals surface area contributed by atoms with E-state index in [9.17, 15) is 9.59 Å². The molecule has 1 unspecified atom stereocenters. The topological polar surface area (TPSA) is 108 Å². The molecule has 2 amide bonds. The summed E-state index contributed by atoms with van der Waals surface area (Å²) in [6.07, 6.45) is 9.50. The molecular formula is C32H46N2O5. The fourth-order valence-electron chi connectivity index (χ4n) is 3.65. The normalized spacial score (nSPS) is 11.5. The summed E-state index contributed by atoms with van der Waals surface area (Å²) in [5.74, 6) is 0.622. The second-order valence-corrected chi connectivity index (χ2v) is 8.62. The molecule has 0 saturated carbocycles. The van der Waals surface area contributed by atoms with Gasteiger partial charge in [-0.25, -0.2) is 4.79 Å². The van der Waals surface area contributed by atoms with E-state index in [1.165, 1.54) is 6.26 Å². The van der Waals surface area contributed by atoms with Gasteiger partial charge in [-0.2, -0.15) is 0 Å². The number of aliphatic hydroxyl groups excluding tert-OH is 1. The molecule has 39 heavy (non-hydrogen) atoms. The van der Waals surface area contributed by atoms with Gasteiger partial charge in [0.1, 0.15) is 6.79 Å². The van der Waals surface area contributed by atoms with E-state index < -0.39 is 6.79 Å². The quantitative estimate of drug-likeness (QED) is 0.0981. The lowest BCUT2D eigenvalue weighted by atomic mass is 9.84. The van der Waals surface area contributed by atoms with Crippen molar-refractivity contribution in [1.82, 2.24) is 5.32 Å². The Bertz CT molecular complexity index is 1030. The summed E-state index contributed by atoms with van der Waals surface area (Å²) in [6, 6.07) is 15.0. The van der Waals surface area contributed by atoms with Crippen molar-refractivity contribution in [2.45, 2.75) is 53.9 Å². The monoisotopic (exact) mass is 538 g/mol. The second kappa shape index (κ2) is 21.3. The number of amides is 2. The van der Waals surface area contributed by atoms with Crippen LogP contribution in [0.5, 0.6) is 0 Å². The Kier molecular flexibility index (Phi) is 19.3. The molecule has 2 rings (SSSR count). The highest BCUT2D eigenvalue weighted by Gasteiger charge is 2.22. The van der Waals surface area contributed by atoms with Crippen LogP contribution < -0.4 is 10.6 Å². The molecular weight excluding hydrogens is 492 g/mol. The van der Waals surface area contributed by atoms with E-state index in [2.05, 4.69) is 38.0 Å². The average Bonchev–Trinajstić information content (AvgIpc) is 2.94. The van der Waals surface area contributed by atoms with Crippen LogP contribution in [0.4, 0.5) is 10.5 Å². The number of unbranched alkanes of at least 4 members (excludes halogenated alkanes) is 1. The first-order valence-corrected chi connectivity index (χ1v) is 13.4. The lowest BCUT2D eigenvalue weighted by Gasteiger charge is -2.19. The number of urea groups is 1. The van der Waals surface area contributed by atoms with Crippen molar-refractivity contribution in [3.8, 4) is 11.1 Å². The summed E-state index contributed by atoms with van der Waals surface area (Å²) >= 11 is 0. The lowest BCUT2D eigenvalue weighted by Crippen LogP contribution is -2.27. The number of ketones is 1. The van der Waals surface area contributed by atoms with Gasteiger partial charge in [0.2, 0.25) is 0 Å². The predicted molar refractivity (Wildman–Crippen MR) is 161 cm³/mol. The Morgan fingerprint density at radius 2 is 1.54 bits per heavy atom. The van der Waals surface area contributed by atoms with E-state index in [1.54, 1.807) is 25.3 Å². The minimum Gasteiger partial charge on any atom is -0.504 e.